The van der Waals surface area contributed by atoms with E-state index in [0.717, 1.165) is 0 Å². The van der Waals surface area contributed by atoms with Gasteiger partial charge in [-0.3, -0.25) is 9.59 Å². The Kier molecular flexibility index (Phi) is 1.93. The van der Waals surface area contributed by atoms with E-state index in [1.165, 1.54) is 0 Å². The van der Waals surface area contributed by atoms with E-state index in [9.17, 15) is 9.59 Å². The van der Waals surface area contributed by atoms with Crippen molar-refractivity contribution in [2.75, 3.05) is 19.8 Å². The minimum Gasteiger partial charge on any atom is -0.396 e. The van der Waals surface area contributed by atoms with E-state index in [-0.39, 0.29) is 19.6 Å². The largest absolute Gasteiger partial charge is 0.400 e. The normalized spacial score (nSPS) is 26.8. The van der Waals surface area contributed by atoms with Crippen LogP contribution < -0.4 is 0 Å². The van der Waals surface area contributed by atoms with Crippen LogP contribution in [0.1, 0.15) is 6.42 Å². The van der Waals surface area contributed by atoms with Gasteiger partial charge in [-0.05, 0) is 0 Å². The molecule has 0 aromatic heterocycles. The van der Waals surface area contributed by atoms with Crippen molar-refractivity contribution in [2.24, 2.45) is 0 Å². The second kappa shape index (κ2) is 2.97. The summed E-state index contributed by atoms with van der Waals surface area (Å²) in [6.45, 7) is 0.571. The van der Waals surface area contributed by atoms with Crippen LogP contribution in [0, 0.1) is 0 Å². The molecule has 1 spiro atoms. The average Bonchev–Trinajstić information content (AvgIpc) is 2.02. The van der Waals surface area contributed by atoms with E-state index in [2.05, 4.69) is 0 Å². The van der Waals surface area contributed by atoms with E-state index in [1.54, 1.807) is 0 Å². The first-order valence-corrected chi connectivity index (χ1v) is 3.86. The van der Waals surface area contributed by atoms with Crippen LogP contribution in [0.4, 0.5) is 0 Å². The van der Waals surface area contributed by atoms with Crippen molar-refractivity contribution >= 4 is 11.9 Å². The number of carbonyl (C=O) groups excluding carboxylic acids is 2. The van der Waals surface area contributed by atoms with Crippen molar-refractivity contribution in [3.05, 3.63) is 0 Å². The van der Waals surface area contributed by atoms with Gasteiger partial charge in [0, 0.05) is 0 Å². The monoisotopic (exact) mass is 188 g/mol. The molecule has 0 saturated carbocycles. The lowest BCUT2D eigenvalue weighted by molar-refractivity contribution is -0.388. The minimum atomic E-state index is -1.62. The molecule has 72 valence electrons. The molecule has 2 saturated heterocycles. The smallest absolute Gasteiger partial charge is 0.396 e. The Balaban J connectivity index is 2.11. The molecule has 0 unspecified atom stereocenters. The molecule has 6 nitrogen and oxygen atoms in total. The molecule has 0 N–H and O–H groups in total. The minimum absolute atomic E-state index is 0.0650. The molecule has 0 amide bonds. The highest BCUT2D eigenvalue weighted by Gasteiger charge is 2.47. The summed E-state index contributed by atoms with van der Waals surface area (Å²) in [6, 6.07) is 0. The van der Waals surface area contributed by atoms with Gasteiger partial charge in [0.25, 0.3) is 0 Å². The maximum atomic E-state index is 10.9. The molecule has 2 heterocycles. The van der Waals surface area contributed by atoms with Crippen molar-refractivity contribution in [1.82, 2.24) is 0 Å². The lowest BCUT2D eigenvalue weighted by Gasteiger charge is -2.36. The molecule has 2 rings (SSSR count). The highest BCUT2D eigenvalue weighted by atomic mass is 16.9. The third-order valence-corrected chi connectivity index (χ3v) is 1.66. The van der Waals surface area contributed by atoms with E-state index in [1.807, 2.05) is 0 Å². The summed E-state index contributed by atoms with van der Waals surface area (Å²) in [6.07, 6.45) is -0.370. The number of ether oxygens (including phenoxy) is 4. The van der Waals surface area contributed by atoms with E-state index < -0.39 is 17.9 Å². The molecule has 2 aliphatic rings. The first-order chi connectivity index (χ1) is 6.20. The van der Waals surface area contributed by atoms with Crippen molar-refractivity contribution in [1.29, 1.82) is 0 Å². The zero-order chi connectivity index (χ0) is 9.31. The second-order valence-electron chi connectivity index (χ2n) is 2.71. The van der Waals surface area contributed by atoms with Gasteiger partial charge in [-0.15, -0.1) is 0 Å². The quantitative estimate of drug-likeness (QED) is 0.365. The van der Waals surface area contributed by atoms with Gasteiger partial charge < -0.3 is 18.9 Å². The summed E-state index contributed by atoms with van der Waals surface area (Å²) in [7, 11) is 0. The summed E-state index contributed by atoms with van der Waals surface area (Å²) in [5.41, 5.74) is 0. The fraction of sp³-hybridized carbons (Fsp3) is 0.714. The Hall–Kier alpha value is -1.14. The van der Waals surface area contributed by atoms with Crippen LogP contribution in [0.25, 0.3) is 0 Å². The molecule has 13 heavy (non-hydrogen) atoms. The summed E-state index contributed by atoms with van der Waals surface area (Å²) < 4.78 is 19.5. The summed E-state index contributed by atoms with van der Waals surface area (Å²) in [5.74, 6) is -2.92. The SMILES string of the molecule is O=C1CC(=O)OC2(COCCO2)O1. The van der Waals surface area contributed by atoms with Crippen LogP contribution in [-0.2, 0) is 28.5 Å². The molecule has 6 heteroatoms. The predicted octanol–water partition coefficient (Wildman–Crippen LogP) is -0.823. The Labute approximate surface area is 73.7 Å². The zero-order valence-electron chi connectivity index (χ0n) is 6.78. The molecule has 2 fully saturated rings. The highest BCUT2D eigenvalue weighted by molar-refractivity contribution is 5.92. The Morgan fingerprint density at radius 1 is 1.08 bits per heavy atom. The van der Waals surface area contributed by atoms with Gasteiger partial charge in [0.05, 0.1) is 13.2 Å². The van der Waals surface area contributed by atoms with Crippen LogP contribution in [0.5, 0.6) is 0 Å². The van der Waals surface area contributed by atoms with Gasteiger partial charge in [0.1, 0.15) is 6.42 Å². The van der Waals surface area contributed by atoms with E-state index >= 15 is 0 Å². The van der Waals surface area contributed by atoms with Crippen molar-refractivity contribution in [2.45, 2.75) is 12.4 Å². The number of hydrogen-bond donors (Lipinski definition) is 0. The molecule has 0 aromatic rings. The number of hydrogen-bond acceptors (Lipinski definition) is 6. The van der Waals surface area contributed by atoms with Crippen molar-refractivity contribution < 1.29 is 28.5 Å². The maximum Gasteiger partial charge on any atom is 0.400 e. The van der Waals surface area contributed by atoms with Crippen molar-refractivity contribution in [3.63, 3.8) is 0 Å². The average molecular weight is 188 g/mol. The van der Waals surface area contributed by atoms with Gasteiger partial charge in [-0.25, -0.2) is 0 Å². The molecule has 0 bridgehead atoms. The Morgan fingerprint density at radius 3 is 2.31 bits per heavy atom. The van der Waals surface area contributed by atoms with Crippen LogP contribution >= 0.6 is 0 Å². The maximum absolute atomic E-state index is 10.9. The summed E-state index contributed by atoms with van der Waals surface area (Å²) in [5, 5.41) is 0. The third kappa shape index (κ3) is 1.63. The fourth-order valence-corrected chi connectivity index (χ4v) is 1.17. The number of carbonyl (C=O) groups is 2. The predicted molar refractivity (Wildman–Crippen MR) is 36.3 cm³/mol. The van der Waals surface area contributed by atoms with Gasteiger partial charge >= 0.3 is 17.9 Å². The Morgan fingerprint density at radius 2 is 1.77 bits per heavy atom. The first kappa shape index (κ1) is 8.46. The topological polar surface area (TPSA) is 71.1 Å². The van der Waals surface area contributed by atoms with Crippen LogP contribution in [0.3, 0.4) is 0 Å². The van der Waals surface area contributed by atoms with Crippen LogP contribution in [0.15, 0.2) is 0 Å². The third-order valence-electron chi connectivity index (χ3n) is 1.66. The highest BCUT2D eigenvalue weighted by Crippen LogP contribution is 2.24. The van der Waals surface area contributed by atoms with Gasteiger partial charge in [0.15, 0.2) is 6.61 Å². The molecular formula is C7H8O6. The van der Waals surface area contributed by atoms with Crippen molar-refractivity contribution in [3.8, 4) is 0 Å². The summed E-state index contributed by atoms with van der Waals surface area (Å²) >= 11 is 0. The molecule has 0 atom stereocenters. The van der Waals surface area contributed by atoms with Gasteiger partial charge in [0.2, 0.25) is 0 Å². The fourth-order valence-electron chi connectivity index (χ4n) is 1.17. The first-order valence-electron chi connectivity index (χ1n) is 3.86. The van der Waals surface area contributed by atoms with Gasteiger partial charge in [-0.2, -0.15) is 0 Å². The molecular weight excluding hydrogens is 180 g/mol. The standard InChI is InChI=1S/C7H8O6/c8-5-3-6(9)13-7(12-5)4-10-1-2-11-7/h1-4H2. The lowest BCUT2D eigenvalue weighted by Crippen LogP contribution is -2.53. The summed E-state index contributed by atoms with van der Waals surface area (Å²) in [4.78, 5) is 21.8. The van der Waals surface area contributed by atoms with E-state index in [4.69, 9.17) is 18.9 Å². The van der Waals surface area contributed by atoms with Crippen LogP contribution in [0.2, 0.25) is 0 Å². The van der Waals surface area contributed by atoms with E-state index in [0.29, 0.717) is 6.61 Å². The Bertz CT molecular complexity index is 223. The van der Waals surface area contributed by atoms with Gasteiger partial charge in [-0.1, -0.05) is 0 Å². The molecule has 2 aliphatic heterocycles. The number of esters is 2. The molecule has 0 aliphatic carbocycles. The zero-order valence-corrected chi connectivity index (χ0v) is 6.78. The molecule has 0 radical (unpaired) electrons. The van der Waals surface area contributed by atoms with Crippen LogP contribution in [-0.4, -0.2) is 37.7 Å². The lowest BCUT2D eigenvalue weighted by atomic mass is 10.4. The number of rotatable bonds is 0. The molecule has 0 aromatic carbocycles. The second-order valence-corrected chi connectivity index (χ2v) is 2.71.